The summed E-state index contributed by atoms with van der Waals surface area (Å²) in [5.41, 5.74) is 2.03. The zero-order valence-electron chi connectivity index (χ0n) is 9.10. The molecule has 1 aromatic carbocycles. The summed E-state index contributed by atoms with van der Waals surface area (Å²) in [7, 11) is 3.86. The molecule has 80 valence electrons. The molecule has 1 aromatic rings. The highest BCUT2D eigenvalue weighted by molar-refractivity contribution is 5.56. The first-order valence-electron chi connectivity index (χ1n) is 4.60. The van der Waals surface area contributed by atoms with E-state index in [1.807, 2.05) is 38.2 Å². The number of nitrogens with zero attached hydrogens (tertiary/aromatic N) is 2. The van der Waals surface area contributed by atoms with Crippen LogP contribution in [0.4, 0.5) is 5.69 Å². The zero-order valence-corrected chi connectivity index (χ0v) is 9.10. The molecule has 0 saturated carbocycles. The van der Waals surface area contributed by atoms with Crippen molar-refractivity contribution in [3.63, 3.8) is 0 Å². The van der Waals surface area contributed by atoms with Crippen molar-refractivity contribution in [2.24, 2.45) is 0 Å². The van der Waals surface area contributed by atoms with E-state index in [4.69, 9.17) is 0 Å². The van der Waals surface area contributed by atoms with E-state index in [0.717, 1.165) is 11.1 Å². The van der Waals surface area contributed by atoms with Crippen molar-refractivity contribution >= 4 is 11.8 Å². The first-order chi connectivity index (χ1) is 7.00. The first-order valence-corrected chi connectivity index (χ1v) is 4.60. The Kier molecular flexibility index (Phi) is 3.44. The van der Waals surface area contributed by atoms with Crippen LogP contribution >= 0.6 is 0 Å². The molecule has 0 bridgehead atoms. The summed E-state index contributed by atoms with van der Waals surface area (Å²) in [6, 6.07) is 4.85. The lowest BCUT2D eigenvalue weighted by Crippen LogP contribution is -1.99. The minimum atomic E-state index is -0.382. The van der Waals surface area contributed by atoms with Crippen LogP contribution in [0.3, 0.4) is 0 Å². The van der Waals surface area contributed by atoms with Gasteiger partial charge in [-0.25, -0.2) is 0 Å². The van der Waals surface area contributed by atoms with Crippen molar-refractivity contribution in [1.82, 2.24) is 4.90 Å². The van der Waals surface area contributed by atoms with Crippen molar-refractivity contribution in [2.75, 3.05) is 14.1 Å². The molecule has 0 radical (unpaired) electrons. The molecule has 0 atom stereocenters. The summed E-state index contributed by atoms with van der Waals surface area (Å²) in [6.07, 6.45) is 3.84. The van der Waals surface area contributed by atoms with Gasteiger partial charge in [0.25, 0.3) is 5.69 Å². The third-order valence-corrected chi connectivity index (χ3v) is 2.02. The maximum absolute atomic E-state index is 10.5. The Morgan fingerprint density at radius 2 is 2.07 bits per heavy atom. The van der Waals surface area contributed by atoms with Gasteiger partial charge in [-0.05, 0) is 36.4 Å². The SMILES string of the molecule is Cc1cc([N+](=O)[O-])ccc1C=CN(C)C. The second-order valence-electron chi connectivity index (χ2n) is 3.58. The summed E-state index contributed by atoms with van der Waals surface area (Å²) < 4.78 is 0. The average molecular weight is 206 g/mol. The second kappa shape index (κ2) is 4.59. The Morgan fingerprint density at radius 1 is 1.40 bits per heavy atom. The number of hydrogen-bond donors (Lipinski definition) is 0. The summed E-state index contributed by atoms with van der Waals surface area (Å²) in [4.78, 5) is 12.0. The van der Waals surface area contributed by atoms with Crippen LogP contribution in [0.5, 0.6) is 0 Å². The molecule has 0 N–H and O–H groups in total. The number of rotatable bonds is 3. The normalized spacial score (nSPS) is 10.6. The predicted octanol–water partition coefficient (Wildman–Crippen LogP) is 2.44. The average Bonchev–Trinajstić information content (AvgIpc) is 2.15. The highest BCUT2D eigenvalue weighted by Gasteiger charge is 2.05. The number of nitro benzene ring substituents is 1. The smallest absolute Gasteiger partial charge is 0.269 e. The van der Waals surface area contributed by atoms with Crippen LogP contribution in [0.2, 0.25) is 0 Å². The molecule has 4 nitrogen and oxygen atoms in total. The van der Waals surface area contributed by atoms with Crippen LogP contribution < -0.4 is 0 Å². The summed E-state index contributed by atoms with van der Waals surface area (Å²) in [5, 5.41) is 10.5. The van der Waals surface area contributed by atoms with Crippen LogP contribution in [0, 0.1) is 17.0 Å². The lowest BCUT2D eigenvalue weighted by atomic mass is 10.1. The lowest BCUT2D eigenvalue weighted by molar-refractivity contribution is -0.384. The highest BCUT2D eigenvalue weighted by Crippen LogP contribution is 2.18. The quantitative estimate of drug-likeness (QED) is 0.563. The molecular weight excluding hydrogens is 192 g/mol. The molecule has 1 rings (SSSR count). The molecule has 0 aliphatic carbocycles. The topological polar surface area (TPSA) is 46.4 Å². The molecule has 0 heterocycles. The van der Waals surface area contributed by atoms with Crippen molar-refractivity contribution in [2.45, 2.75) is 6.92 Å². The number of non-ortho nitro benzene ring substituents is 1. The van der Waals surface area contributed by atoms with Gasteiger partial charge in [0.2, 0.25) is 0 Å². The van der Waals surface area contributed by atoms with Gasteiger partial charge in [0.15, 0.2) is 0 Å². The first kappa shape index (κ1) is 11.2. The molecule has 0 spiro atoms. The number of nitro groups is 1. The Balaban J connectivity index is 2.98. The molecular formula is C11H14N2O2. The molecule has 0 unspecified atom stereocenters. The fourth-order valence-electron chi connectivity index (χ4n) is 1.19. The fourth-order valence-corrected chi connectivity index (χ4v) is 1.19. The largest absolute Gasteiger partial charge is 0.383 e. The third-order valence-electron chi connectivity index (χ3n) is 2.02. The Bertz CT molecular complexity index is 398. The van der Waals surface area contributed by atoms with Gasteiger partial charge in [-0.3, -0.25) is 10.1 Å². The van der Waals surface area contributed by atoms with Crippen molar-refractivity contribution in [1.29, 1.82) is 0 Å². The third kappa shape index (κ3) is 3.09. The molecule has 0 saturated heterocycles. The molecule has 0 aromatic heterocycles. The molecule has 15 heavy (non-hydrogen) atoms. The Hall–Kier alpha value is -1.84. The van der Waals surface area contributed by atoms with Gasteiger partial charge < -0.3 is 4.90 Å². The Labute approximate surface area is 89.0 Å². The van der Waals surface area contributed by atoms with E-state index in [9.17, 15) is 10.1 Å². The second-order valence-corrected chi connectivity index (χ2v) is 3.58. The van der Waals surface area contributed by atoms with Crippen LogP contribution in [-0.4, -0.2) is 23.9 Å². The van der Waals surface area contributed by atoms with Crippen LogP contribution in [0.15, 0.2) is 24.4 Å². The van der Waals surface area contributed by atoms with Gasteiger partial charge in [0.1, 0.15) is 0 Å². The lowest BCUT2D eigenvalue weighted by Gasteiger charge is -2.04. The highest BCUT2D eigenvalue weighted by atomic mass is 16.6. The summed E-state index contributed by atoms with van der Waals surface area (Å²) in [5.74, 6) is 0. The maximum atomic E-state index is 10.5. The van der Waals surface area contributed by atoms with Gasteiger partial charge >= 0.3 is 0 Å². The Morgan fingerprint density at radius 3 is 2.53 bits per heavy atom. The van der Waals surface area contributed by atoms with E-state index in [-0.39, 0.29) is 10.6 Å². The predicted molar refractivity (Wildman–Crippen MR) is 60.6 cm³/mol. The molecule has 0 aliphatic heterocycles. The number of benzene rings is 1. The van der Waals surface area contributed by atoms with Crippen molar-refractivity contribution in [3.05, 3.63) is 45.6 Å². The zero-order chi connectivity index (χ0) is 11.4. The minimum absolute atomic E-state index is 0.134. The van der Waals surface area contributed by atoms with E-state index >= 15 is 0 Å². The van der Waals surface area contributed by atoms with E-state index in [1.54, 1.807) is 12.1 Å². The van der Waals surface area contributed by atoms with E-state index in [1.165, 1.54) is 6.07 Å². The fraction of sp³-hybridized carbons (Fsp3) is 0.273. The molecule has 4 heteroatoms. The van der Waals surface area contributed by atoms with Gasteiger partial charge in [0, 0.05) is 26.2 Å². The van der Waals surface area contributed by atoms with Gasteiger partial charge in [-0.15, -0.1) is 0 Å². The summed E-state index contributed by atoms with van der Waals surface area (Å²) >= 11 is 0. The molecule has 0 fully saturated rings. The number of aryl methyl sites for hydroxylation is 1. The monoisotopic (exact) mass is 206 g/mol. The standard InChI is InChI=1S/C11H14N2O2/c1-9-8-11(13(14)15)5-4-10(9)6-7-12(2)3/h4-8H,1-3H3. The van der Waals surface area contributed by atoms with Crippen LogP contribution in [0.25, 0.3) is 6.08 Å². The van der Waals surface area contributed by atoms with Crippen molar-refractivity contribution < 1.29 is 4.92 Å². The maximum Gasteiger partial charge on any atom is 0.269 e. The van der Waals surface area contributed by atoms with E-state index in [2.05, 4.69) is 0 Å². The molecule has 0 aliphatic rings. The van der Waals surface area contributed by atoms with Gasteiger partial charge in [-0.2, -0.15) is 0 Å². The minimum Gasteiger partial charge on any atom is -0.383 e. The van der Waals surface area contributed by atoms with Crippen molar-refractivity contribution in [3.8, 4) is 0 Å². The van der Waals surface area contributed by atoms with Gasteiger partial charge in [-0.1, -0.05) is 0 Å². The number of hydrogen-bond acceptors (Lipinski definition) is 3. The summed E-state index contributed by atoms with van der Waals surface area (Å²) in [6.45, 7) is 1.86. The van der Waals surface area contributed by atoms with E-state index < -0.39 is 0 Å². The van der Waals surface area contributed by atoms with E-state index in [0.29, 0.717) is 0 Å². The van der Waals surface area contributed by atoms with Crippen LogP contribution in [0.1, 0.15) is 11.1 Å². The van der Waals surface area contributed by atoms with Gasteiger partial charge in [0.05, 0.1) is 4.92 Å². The molecule has 0 amide bonds. The van der Waals surface area contributed by atoms with Crippen LogP contribution in [-0.2, 0) is 0 Å².